The summed E-state index contributed by atoms with van der Waals surface area (Å²) in [7, 11) is 0. The number of rotatable bonds is 3. The van der Waals surface area contributed by atoms with Crippen LogP contribution in [0.5, 0.6) is 0 Å². The molecular weight excluding hydrogens is 312 g/mol. The summed E-state index contributed by atoms with van der Waals surface area (Å²) in [5.41, 5.74) is 1.64. The standard InChI is InChI=1S/C10H10Br2O2/c1-6(14)9(11)8-4-2-3-7(5-13)10(8)12/h2-4,9,13H,5H2,1H3. The number of benzene rings is 1. The molecule has 1 aromatic carbocycles. The lowest BCUT2D eigenvalue weighted by Gasteiger charge is -2.11. The van der Waals surface area contributed by atoms with Crippen LogP contribution in [0.1, 0.15) is 22.9 Å². The van der Waals surface area contributed by atoms with E-state index in [4.69, 9.17) is 5.11 Å². The highest BCUT2D eigenvalue weighted by molar-refractivity contribution is 9.11. The first kappa shape index (κ1) is 11.9. The van der Waals surface area contributed by atoms with Gasteiger partial charge < -0.3 is 5.11 Å². The van der Waals surface area contributed by atoms with Gasteiger partial charge >= 0.3 is 0 Å². The quantitative estimate of drug-likeness (QED) is 0.869. The van der Waals surface area contributed by atoms with Gasteiger partial charge in [0.1, 0.15) is 5.78 Å². The molecule has 0 aliphatic heterocycles. The molecule has 0 radical (unpaired) electrons. The molecule has 1 aromatic rings. The third-order valence-corrected chi connectivity index (χ3v) is 4.01. The molecule has 0 fully saturated rings. The Morgan fingerprint density at radius 3 is 2.71 bits per heavy atom. The molecular formula is C10H10Br2O2. The minimum atomic E-state index is -0.316. The molecule has 2 nitrogen and oxygen atoms in total. The Morgan fingerprint density at radius 1 is 1.57 bits per heavy atom. The van der Waals surface area contributed by atoms with E-state index in [2.05, 4.69) is 31.9 Å². The Morgan fingerprint density at radius 2 is 2.21 bits per heavy atom. The number of carbonyl (C=O) groups is 1. The van der Waals surface area contributed by atoms with E-state index in [0.29, 0.717) is 0 Å². The van der Waals surface area contributed by atoms with Crippen molar-refractivity contribution >= 4 is 37.6 Å². The topological polar surface area (TPSA) is 37.3 Å². The molecule has 0 saturated carbocycles. The van der Waals surface area contributed by atoms with E-state index in [1.807, 2.05) is 18.2 Å². The number of aliphatic hydroxyl groups is 1. The Hall–Kier alpha value is -0.190. The molecule has 0 heterocycles. The average Bonchev–Trinajstić information content (AvgIpc) is 2.17. The van der Waals surface area contributed by atoms with Gasteiger partial charge in [-0.3, -0.25) is 4.79 Å². The number of aliphatic hydroxyl groups excluding tert-OH is 1. The van der Waals surface area contributed by atoms with Crippen molar-refractivity contribution in [3.8, 4) is 0 Å². The minimum absolute atomic E-state index is 0.0357. The van der Waals surface area contributed by atoms with Gasteiger partial charge in [-0.15, -0.1) is 0 Å². The lowest BCUT2D eigenvalue weighted by molar-refractivity contribution is -0.116. The Labute approximate surface area is 99.6 Å². The van der Waals surface area contributed by atoms with Gasteiger partial charge in [0.25, 0.3) is 0 Å². The molecule has 0 spiro atoms. The molecule has 4 heteroatoms. The number of hydrogen-bond donors (Lipinski definition) is 1. The maximum Gasteiger partial charge on any atom is 0.147 e. The molecule has 0 aliphatic rings. The van der Waals surface area contributed by atoms with Crippen molar-refractivity contribution < 1.29 is 9.90 Å². The van der Waals surface area contributed by atoms with Crippen LogP contribution in [0, 0.1) is 0 Å². The summed E-state index contributed by atoms with van der Waals surface area (Å²) in [6.45, 7) is 1.49. The van der Waals surface area contributed by atoms with E-state index in [0.717, 1.165) is 15.6 Å². The maximum atomic E-state index is 11.2. The molecule has 76 valence electrons. The van der Waals surface area contributed by atoms with Crippen LogP contribution in [-0.4, -0.2) is 10.9 Å². The summed E-state index contributed by atoms with van der Waals surface area (Å²) in [6, 6.07) is 5.49. The second-order valence-electron chi connectivity index (χ2n) is 2.95. The summed E-state index contributed by atoms with van der Waals surface area (Å²) in [5, 5.41) is 9.03. The van der Waals surface area contributed by atoms with Gasteiger partial charge in [-0.1, -0.05) is 50.1 Å². The maximum absolute atomic E-state index is 11.2. The van der Waals surface area contributed by atoms with Crippen molar-refractivity contribution in [3.05, 3.63) is 33.8 Å². The third kappa shape index (κ3) is 2.43. The number of ketones is 1. The van der Waals surface area contributed by atoms with Crippen LogP contribution in [0.15, 0.2) is 22.7 Å². The van der Waals surface area contributed by atoms with Crippen LogP contribution < -0.4 is 0 Å². The molecule has 14 heavy (non-hydrogen) atoms. The van der Waals surface area contributed by atoms with E-state index in [1.54, 1.807) is 0 Å². The summed E-state index contributed by atoms with van der Waals surface area (Å²) in [6.07, 6.45) is 0. The van der Waals surface area contributed by atoms with Crippen molar-refractivity contribution in [2.45, 2.75) is 18.4 Å². The van der Waals surface area contributed by atoms with Gasteiger partial charge in [0.2, 0.25) is 0 Å². The lowest BCUT2D eigenvalue weighted by Crippen LogP contribution is -2.03. The van der Waals surface area contributed by atoms with Crippen LogP contribution in [-0.2, 0) is 11.4 Å². The molecule has 0 aromatic heterocycles. The molecule has 1 unspecified atom stereocenters. The van der Waals surface area contributed by atoms with E-state index < -0.39 is 0 Å². The smallest absolute Gasteiger partial charge is 0.147 e. The van der Waals surface area contributed by atoms with Gasteiger partial charge in [-0.2, -0.15) is 0 Å². The van der Waals surface area contributed by atoms with Crippen LogP contribution >= 0.6 is 31.9 Å². The molecule has 0 saturated heterocycles. The highest BCUT2D eigenvalue weighted by Gasteiger charge is 2.16. The van der Waals surface area contributed by atoms with Crippen LogP contribution in [0.4, 0.5) is 0 Å². The zero-order chi connectivity index (χ0) is 10.7. The zero-order valence-corrected chi connectivity index (χ0v) is 10.8. The van der Waals surface area contributed by atoms with Crippen LogP contribution in [0.25, 0.3) is 0 Å². The van der Waals surface area contributed by atoms with Gasteiger partial charge in [0.15, 0.2) is 0 Å². The van der Waals surface area contributed by atoms with Gasteiger partial charge in [0, 0.05) is 4.47 Å². The van der Waals surface area contributed by atoms with Crippen molar-refractivity contribution in [1.82, 2.24) is 0 Å². The summed E-state index contributed by atoms with van der Waals surface area (Å²) in [4.78, 5) is 10.8. The minimum Gasteiger partial charge on any atom is -0.392 e. The number of alkyl halides is 1. The second kappa shape index (κ2) is 5.05. The first-order chi connectivity index (χ1) is 6.57. The monoisotopic (exact) mass is 320 g/mol. The zero-order valence-electron chi connectivity index (χ0n) is 7.63. The lowest BCUT2D eigenvalue weighted by atomic mass is 10.1. The SMILES string of the molecule is CC(=O)C(Br)c1cccc(CO)c1Br. The van der Waals surface area contributed by atoms with Crippen molar-refractivity contribution in [2.24, 2.45) is 0 Å². The highest BCUT2D eigenvalue weighted by atomic mass is 79.9. The van der Waals surface area contributed by atoms with Gasteiger partial charge in [-0.05, 0) is 18.1 Å². The molecule has 0 amide bonds. The molecule has 1 rings (SSSR count). The second-order valence-corrected chi connectivity index (χ2v) is 4.66. The molecule has 1 N–H and O–H groups in total. The fraction of sp³-hybridized carbons (Fsp3) is 0.300. The van der Waals surface area contributed by atoms with E-state index >= 15 is 0 Å². The average molecular weight is 322 g/mol. The largest absolute Gasteiger partial charge is 0.392 e. The fourth-order valence-electron chi connectivity index (χ4n) is 1.14. The highest BCUT2D eigenvalue weighted by Crippen LogP contribution is 2.32. The fourth-order valence-corrected chi connectivity index (χ4v) is 2.44. The van der Waals surface area contributed by atoms with Gasteiger partial charge in [0.05, 0.1) is 11.4 Å². The Balaban J connectivity index is 3.15. The Bertz CT molecular complexity index is 350. The first-order valence-corrected chi connectivity index (χ1v) is 5.81. The predicted octanol–water partition coefficient (Wildman–Crippen LogP) is 2.97. The van der Waals surface area contributed by atoms with Crippen LogP contribution in [0.2, 0.25) is 0 Å². The van der Waals surface area contributed by atoms with E-state index in [-0.39, 0.29) is 17.2 Å². The molecule has 1 atom stereocenters. The summed E-state index contributed by atoms with van der Waals surface area (Å²) >= 11 is 6.67. The van der Waals surface area contributed by atoms with Gasteiger partial charge in [-0.25, -0.2) is 0 Å². The van der Waals surface area contributed by atoms with Crippen molar-refractivity contribution in [1.29, 1.82) is 0 Å². The Kier molecular flexibility index (Phi) is 4.29. The van der Waals surface area contributed by atoms with Crippen LogP contribution in [0.3, 0.4) is 0 Å². The van der Waals surface area contributed by atoms with E-state index in [9.17, 15) is 4.79 Å². The predicted molar refractivity (Wildman–Crippen MR) is 62.4 cm³/mol. The van der Waals surface area contributed by atoms with Crippen molar-refractivity contribution in [3.63, 3.8) is 0 Å². The normalized spacial score (nSPS) is 12.6. The molecule has 0 bridgehead atoms. The van der Waals surface area contributed by atoms with Crippen molar-refractivity contribution in [2.75, 3.05) is 0 Å². The number of carbonyl (C=O) groups excluding carboxylic acids is 1. The summed E-state index contributed by atoms with van der Waals surface area (Å²) < 4.78 is 0.791. The van der Waals surface area contributed by atoms with E-state index in [1.165, 1.54) is 6.92 Å². The number of halogens is 2. The summed E-state index contributed by atoms with van der Waals surface area (Å²) in [5.74, 6) is 0.0424. The number of Topliss-reactive ketones (excluding diaryl/α,β-unsaturated/α-hetero) is 1. The third-order valence-electron chi connectivity index (χ3n) is 1.91. The first-order valence-electron chi connectivity index (χ1n) is 4.10. The number of hydrogen-bond acceptors (Lipinski definition) is 2. The molecule has 0 aliphatic carbocycles.